The molecule has 0 amide bonds. The molecule has 0 spiro atoms. The van der Waals surface area contributed by atoms with Gasteiger partial charge in [0.15, 0.2) is 0 Å². The summed E-state index contributed by atoms with van der Waals surface area (Å²) in [5.74, 6) is 1.53. The monoisotopic (exact) mass is 249 g/mol. The van der Waals surface area contributed by atoms with Crippen LogP contribution in [-0.4, -0.2) is 23.1 Å². The summed E-state index contributed by atoms with van der Waals surface area (Å²) < 4.78 is 0. The van der Waals surface area contributed by atoms with Gasteiger partial charge in [0, 0.05) is 24.4 Å². The van der Waals surface area contributed by atoms with Crippen molar-refractivity contribution in [2.75, 3.05) is 13.1 Å². The van der Waals surface area contributed by atoms with Gasteiger partial charge < -0.3 is 5.32 Å². The fourth-order valence-electron chi connectivity index (χ4n) is 1.74. The van der Waals surface area contributed by atoms with Crippen LogP contribution >= 0.6 is 24.8 Å². The number of piperidine rings is 1. The molecule has 1 unspecified atom stereocenters. The van der Waals surface area contributed by atoms with Crippen LogP contribution in [0.25, 0.3) is 0 Å². The van der Waals surface area contributed by atoms with Crippen molar-refractivity contribution in [3.63, 3.8) is 0 Å². The highest BCUT2D eigenvalue weighted by atomic mass is 35.5. The molecule has 5 heteroatoms. The zero-order valence-corrected chi connectivity index (χ0v) is 10.4. The Morgan fingerprint density at radius 2 is 2.20 bits per heavy atom. The summed E-state index contributed by atoms with van der Waals surface area (Å²) in [4.78, 5) is 8.76. The average Bonchev–Trinajstić information content (AvgIpc) is 2.19. The van der Waals surface area contributed by atoms with Crippen LogP contribution in [-0.2, 0) is 0 Å². The highest BCUT2D eigenvalue weighted by molar-refractivity contribution is 5.85. The summed E-state index contributed by atoms with van der Waals surface area (Å²) in [6.07, 6.45) is 4.31. The van der Waals surface area contributed by atoms with Crippen molar-refractivity contribution >= 4 is 24.8 Å². The molecule has 0 bridgehead atoms. The molecule has 0 aromatic carbocycles. The minimum atomic E-state index is 0. The second kappa shape index (κ2) is 6.99. The van der Waals surface area contributed by atoms with E-state index < -0.39 is 0 Å². The maximum absolute atomic E-state index is 4.45. The van der Waals surface area contributed by atoms with Gasteiger partial charge >= 0.3 is 0 Å². The van der Waals surface area contributed by atoms with Gasteiger partial charge in [-0.05, 0) is 32.4 Å². The molecular formula is C10H17Cl2N3. The molecule has 0 saturated carbocycles. The van der Waals surface area contributed by atoms with Crippen LogP contribution in [0.2, 0.25) is 0 Å². The van der Waals surface area contributed by atoms with Crippen LogP contribution in [0.5, 0.6) is 0 Å². The summed E-state index contributed by atoms with van der Waals surface area (Å²) in [5, 5.41) is 3.37. The lowest BCUT2D eigenvalue weighted by Crippen LogP contribution is -2.29. The molecule has 1 saturated heterocycles. The quantitative estimate of drug-likeness (QED) is 0.829. The van der Waals surface area contributed by atoms with E-state index in [0.717, 1.165) is 24.6 Å². The largest absolute Gasteiger partial charge is 0.316 e. The minimum Gasteiger partial charge on any atom is -0.316 e. The predicted molar refractivity (Wildman–Crippen MR) is 66.1 cm³/mol. The molecule has 1 N–H and O–H groups in total. The molecule has 0 aliphatic carbocycles. The molecule has 15 heavy (non-hydrogen) atoms. The molecule has 3 nitrogen and oxygen atoms in total. The number of nitrogens with zero attached hydrogens (tertiary/aromatic N) is 2. The van der Waals surface area contributed by atoms with Crippen molar-refractivity contribution in [2.24, 2.45) is 0 Å². The topological polar surface area (TPSA) is 37.8 Å². The van der Waals surface area contributed by atoms with E-state index >= 15 is 0 Å². The van der Waals surface area contributed by atoms with Gasteiger partial charge in [0.25, 0.3) is 0 Å². The Bertz CT molecular complexity index is 288. The standard InChI is InChI=1S/C10H15N3.2ClH/c1-8-4-6-12-10(13-8)9-3-2-5-11-7-9;;/h4,6,9,11H,2-3,5,7H2,1H3;2*1H. The van der Waals surface area contributed by atoms with Crippen molar-refractivity contribution in [3.8, 4) is 0 Å². The Morgan fingerprint density at radius 3 is 2.80 bits per heavy atom. The first-order chi connectivity index (χ1) is 6.36. The van der Waals surface area contributed by atoms with Gasteiger partial charge in [-0.1, -0.05) is 0 Å². The zero-order valence-electron chi connectivity index (χ0n) is 8.77. The van der Waals surface area contributed by atoms with E-state index in [9.17, 15) is 0 Å². The number of rotatable bonds is 1. The highest BCUT2D eigenvalue weighted by Gasteiger charge is 2.17. The summed E-state index contributed by atoms with van der Waals surface area (Å²) in [6.45, 7) is 4.19. The Morgan fingerprint density at radius 1 is 1.40 bits per heavy atom. The van der Waals surface area contributed by atoms with Gasteiger partial charge in [-0.2, -0.15) is 0 Å². The Balaban J connectivity index is 0.000000980. The number of aromatic nitrogens is 2. The Labute approximate surface area is 103 Å². The van der Waals surface area contributed by atoms with E-state index in [2.05, 4.69) is 15.3 Å². The van der Waals surface area contributed by atoms with Gasteiger partial charge in [-0.3, -0.25) is 0 Å². The first-order valence-corrected chi connectivity index (χ1v) is 4.86. The van der Waals surface area contributed by atoms with Crippen molar-refractivity contribution in [3.05, 3.63) is 23.8 Å². The second-order valence-electron chi connectivity index (χ2n) is 3.60. The summed E-state index contributed by atoms with van der Waals surface area (Å²) in [6, 6.07) is 1.94. The van der Waals surface area contributed by atoms with Crippen LogP contribution in [0.1, 0.15) is 30.3 Å². The Hall–Kier alpha value is -0.380. The van der Waals surface area contributed by atoms with Gasteiger partial charge in [-0.15, -0.1) is 24.8 Å². The highest BCUT2D eigenvalue weighted by Crippen LogP contribution is 2.19. The third-order valence-corrected chi connectivity index (χ3v) is 2.48. The number of hydrogen-bond donors (Lipinski definition) is 1. The van der Waals surface area contributed by atoms with Crippen LogP contribution in [0.4, 0.5) is 0 Å². The van der Waals surface area contributed by atoms with Crippen molar-refractivity contribution in [2.45, 2.75) is 25.7 Å². The molecule has 1 atom stereocenters. The fourth-order valence-corrected chi connectivity index (χ4v) is 1.74. The lowest BCUT2D eigenvalue weighted by molar-refractivity contribution is 0.446. The third kappa shape index (κ3) is 3.93. The van der Waals surface area contributed by atoms with Gasteiger partial charge in [0.05, 0.1) is 0 Å². The molecule has 1 aliphatic heterocycles. The maximum Gasteiger partial charge on any atom is 0.132 e. The molecule has 0 radical (unpaired) electrons. The molecule has 1 aromatic heterocycles. The molecule has 86 valence electrons. The number of halogens is 2. The lowest BCUT2D eigenvalue weighted by atomic mass is 9.99. The van der Waals surface area contributed by atoms with Crippen LogP contribution in [0.3, 0.4) is 0 Å². The third-order valence-electron chi connectivity index (χ3n) is 2.48. The number of nitrogens with one attached hydrogen (secondary N) is 1. The van der Waals surface area contributed by atoms with Crippen LogP contribution < -0.4 is 5.32 Å². The van der Waals surface area contributed by atoms with E-state index in [1.165, 1.54) is 12.8 Å². The first kappa shape index (κ1) is 14.6. The van der Waals surface area contributed by atoms with E-state index in [0.29, 0.717) is 5.92 Å². The average molecular weight is 250 g/mol. The van der Waals surface area contributed by atoms with Crippen molar-refractivity contribution in [1.82, 2.24) is 15.3 Å². The van der Waals surface area contributed by atoms with Crippen molar-refractivity contribution in [1.29, 1.82) is 0 Å². The SMILES string of the molecule is Cc1ccnc(C2CCCNC2)n1.Cl.Cl. The molecular weight excluding hydrogens is 233 g/mol. The van der Waals surface area contributed by atoms with Crippen LogP contribution in [0.15, 0.2) is 12.3 Å². The fraction of sp³-hybridized carbons (Fsp3) is 0.600. The first-order valence-electron chi connectivity index (χ1n) is 4.86. The smallest absolute Gasteiger partial charge is 0.132 e. The summed E-state index contributed by atoms with van der Waals surface area (Å²) >= 11 is 0. The van der Waals surface area contributed by atoms with Crippen LogP contribution in [0, 0.1) is 6.92 Å². The molecule has 1 aliphatic rings. The number of hydrogen-bond acceptors (Lipinski definition) is 3. The molecule has 1 fully saturated rings. The normalized spacial score (nSPS) is 19.9. The van der Waals surface area contributed by atoms with Crippen molar-refractivity contribution < 1.29 is 0 Å². The Kier molecular flexibility index (Phi) is 6.81. The maximum atomic E-state index is 4.45. The van der Waals surface area contributed by atoms with Gasteiger partial charge in [0.2, 0.25) is 0 Å². The molecule has 2 rings (SSSR count). The lowest BCUT2D eigenvalue weighted by Gasteiger charge is -2.21. The minimum absolute atomic E-state index is 0. The van der Waals surface area contributed by atoms with Gasteiger partial charge in [-0.25, -0.2) is 9.97 Å². The predicted octanol–water partition coefficient (Wildman–Crippen LogP) is 2.10. The van der Waals surface area contributed by atoms with E-state index in [1.54, 1.807) is 0 Å². The summed E-state index contributed by atoms with van der Waals surface area (Å²) in [7, 11) is 0. The number of aryl methyl sites for hydroxylation is 1. The summed E-state index contributed by atoms with van der Waals surface area (Å²) in [5.41, 5.74) is 1.07. The zero-order chi connectivity index (χ0) is 9.10. The molecule has 2 heterocycles. The van der Waals surface area contributed by atoms with Gasteiger partial charge in [0.1, 0.15) is 5.82 Å². The van der Waals surface area contributed by atoms with E-state index in [1.807, 2.05) is 19.2 Å². The van der Waals surface area contributed by atoms with E-state index in [4.69, 9.17) is 0 Å². The second-order valence-corrected chi connectivity index (χ2v) is 3.60. The van der Waals surface area contributed by atoms with E-state index in [-0.39, 0.29) is 24.8 Å². The molecule has 1 aromatic rings.